The first-order chi connectivity index (χ1) is 14.8. The second kappa shape index (κ2) is 8.18. The molecule has 1 atom stereocenters. The van der Waals surface area contributed by atoms with Crippen molar-refractivity contribution in [2.75, 3.05) is 13.2 Å². The molecule has 6 rings (SSSR count). The molecule has 3 nitrogen and oxygen atoms in total. The highest BCUT2D eigenvalue weighted by Crippen LogP contribution is 2.44. The maximum Gasteiger partial charge on any atom is 0.162 e. The zero-order chi connectivity index (χ0) is 20.1. The Balaban J connectivity index is 0.00000204. The number of halogens is 1. The van der Waals surface area contributed by atoms with E-state index in [4.69, 9.17) is 14.5 Å². The van der Waals surface area contributed by atoms with E-state index in [1.165, 1.54) is 39.8 Å². The molecule has 4 aromatic rings. The van der Waals surface area contributed by atoms with Crippen molar-refractivity contribution in [3.05, 3.63) is 65.0 Å². The Kier molecular flexibility index (Phi) is 5.37. The van der Waals surface area contributed by atoms with Gasteiger partial charge in [0.25, 0.3) is 0 Å². The minimum Gasteiger partial charge on any atom is -0.486 e. The molecular formula is C26H24ClNO2S. The molecule has 2 aromatic heterocycles. The van der Waals surface area contributed by atoms with Crippen molar-refractivity contribution in [2.24, 2.45) is 5.92 Å². The van der Waals surface area contributed by atoms with Gasteiger partial charge in [-0.05, 0) is 66.1 Å². The average molecular weight is 450 g/mol. The van der Waals surface area contributed by atoms with Crippen LogP contribution in [0.2, 0.25) is 0 Å². The van der Waals surface area contributed by atoms with E-state index >= 15 is 0 Å². The molecule has 0 amide bonds. The molecule has 2 aromatic carbocycles. The van der Waals surface area contributed by atoms with Gasteiger partial charge in [-0.25, -0.2) is 4.98 Å². The maximum absolute atomic E-state index is 5.82. The number of nitrogens with zero attached hydrogens (tertiary/aromatic N) is 1. The van der Waals surface area contributed by atoms with E-state index in [9.17, 15) is 0 Å². The van der Waals surface area contributed by atoms with E-state index < -0.39 is 0 Å². The second-order valence-corrected chi connectivity index (χ2v) is 9.40. The van der Waals surface area contributed by atoms with Gasteiger partial charge in [-0.15, -0.1) is 23.7 Å². The molecule has 2 aliphatic rings. The van der Waals surface area contributed by atoms with Crippen molar-refractivity contribution in [3.63, 3.8) is 0 Å². The molecule has 0 saturated heterocycles. The van der Waals surface area contributed by atoms with Crippen molar-refractivity contribution in [3.8, 4) is 33.9 Å². The van der Waals surface area contributed by atoms with E-state index in [2.05, 4.69) is 55.5 Å². The third-order valence-corrected chi connectivity index (χ3v) is 7.34. The van der Waals surface area contributed by atoms with Gasteiger partial charge in [0.1, 0.15) is 18.0 Å². The van der Waals surface area contributed by atoms with Crippen LogP contribution in [0.4, 0.5) is 0 Å². The summed E-state index contributed by atoms with van der Waals surface area (Å²) < 4.78 is 11.5. The summed E-state index contributed by atoms with van der Waals surface area (Å²) in [6, 6.07) is 19.1. The summed E-state index contributed by atoms with van der Waals surface area (Å²) >= 11 is 1.88. The molecule has 0 spiro atoms. The lowest BCUT2D eigenvalue weighted by molar-refractivity contribution is 0.171. The molecule has 1 aliphatic carbocycles. The number of pyridine rings is 1. The fourth-order valence-electron chi connectivity index (χ4n) is 4.64. The van der Waals surface area contributed by atoms with Crippen LogP contribution >= 0.6 is 23.7 Å². The van der Waals surface area contributed by atoms with Crippen LogP contribution in [0.15, 0.2) is 54.6 Å². The first-order valence-corrected chi connectivity index (χ1v) is 11.5. The van der Waals surface area contributed by atoms with E-state index in [1.807, 2.05) is 17.4 Å². The number of ether oxygens (including phenoxy) is 2. The molecular weight excluding hydrogens is 426 g/mol. The Bertz CT molecular complexity index is 1250. The van der Waals surface area contributed by atoms with Crippen molar-refractivity contribution < 1.29 is 9.47 Å². The summed E-state index contributed by atoms with van der Waals surface area (Å²) in [7, 11) is 0. The number of benzene rings is 2. The van der Waals surface area contributed by atoms with E-state index in [0.29, 0.717) is 13.2 Å². The Morgan fingerprint density at radius 2 is 1.74 bits per heavy atom. The van der Waals surface area contributed by atoms with Crippen LogP contribution in [0.1, 0.15) is 23.8 Å². The van der Waals surface area contributed by atoms with Crippen LogP contribution in [0.5, 0.6) is 11.5 Å². The van der Waals surface area contributed by atoms with E-state index in [0.717, 1.165) is 39.9 Å². The SMILES string of the molecule is CC1CCc2c(sc3nc(-c4ccc5c(c4)OCCO5)cc(-c4ccccc4)c23)C1.Cl. The lowest BCUT2D eigenvalue weighted by Crippen LogP contribution is -2.15. The third-order valence-electron chi connectivity index (χ3n) is 6.19. The van der Waals surface area contributed by atoms with Gasteiger partial charge in [-0.2, -0.15) is 0 Å². The topological polar surface area (TPSA) is 31.4 Å². The van der Waals surface area contributed by atoms with Crippen molar-refractivity contribution in [1.29, 1.82) is 0 Å². The molecule has 0 radical (unpaired) electrons. The number of thiophene rings is 1. The van der Waals surface area contributed by atoms with Crippen LogP contribution in [0, 0.1) is 5.92 Å². The molecule has 0 N–H and O–H groups in total. The Morgan fingerprint density at radius 3 is 2.58 bits per heavy atom. The first-order valence-electron chi connectivity index (χ1n) is 10.7. The van der Waals surface area contributed by atoms with E-state index in [-0.39, 0.29) is 12.4 Å². The Labute approximate surface area is 192 Å². The maximum atomic E-state index is 5.82. The normalized spacial score (nSPS) is 17.1. The molecule has 0 fully saturated rings. The molecule has 0 saturated carbocycles. The van der Waals surface area contributed by atoms with Gasteiger partial charge in [0.15, 0.2) is 11.5 Å². The summed E-state index contributed by atoms with van der Waals surface area (Å²) in [5, 5.41) is 1.36. The molecule has 0 bridgehead atoms. The summed E-state index contributed by atoms with van der Waals surface area (Å²) in [5.74, 6) is 2.37. The van der Waals surface area contributed by atoms with Gasteiger partial charge >= 0.3 is 0 Å². The number of aryl methyl sites for hydroxylation is 1. The summed E-state index contributed by atoms with van der Waals surface area (Å²) in [4.78, 5) is 7.81. The Morgan fingerprint density at radius 1 is 0.935 bits per heavy atom. The quantitative estimate of drug-likeness (QED) is 0.332. The van der Waals surface area contributed by atoms with Crippen LogP contribution < -0.4 is 9.47 Å². The largest absolute Gasteiger partial charge is 0.486 e. The molecule has 1 aliphatic heterocycles. The molecule has 5 heteroatoms. The van der Waals surface area contributed by atoms with Crippen molar-refractivity contribution in [2.45, 2.75) is 26.2 Å². The monoisotopic (exact) mass is 449 g/mol. The fraction of sp³-hybridized carbons (Fsp3) is 0.269. The number of rotatable bonds is 2. The van der Waals surface area contributed by atoms with Gasteiger partial charge in [0.05, 0.1) is 5.69 Å². The molecule has 1 unspecified atom stereocenters. The highest BCUT2D eigenvalue weighted by atomic mass is 35.5. The van der Waals surface area contributed by atoms with E-state index in [1.54, 1.807) is 0 Å². The third kappa shape index (κ3) is 3.58. The first kappa shape index (κ1) is 20.3. The van der Waals surface area contributed by atoms with Gasteiger partial charge < -0.3 is 9.47 Å². The highest BCUT2D eigenvalue weighted by Gasteiger charge is 2.24. The predicted octanol–water partition coefficient (Wildman–Crippen LogP) is 6.95. The summed E-state index contributed by atoms with van der Waals surface area (Å²) in [6.07, 6.45) is 3.59. The minimum absolute atomic E-state index is 0. The number of hydrogen-bond acceptors (Lipinski definition) is 4. The minimum atomic E-state index is 0. The zero-order valence-corrected chi connectivity index (χ0v) is 19.0. The smallest absolute Gasteiger partial charge is 0.162 e. The van der Waals surface area contributed by atoms with Gasteiger partial charge in [-0.3, -0.25) is 0 Å². The van der Waals surface area contributed by atoms with Crippen LogP contribution in [-0.4, -0.2) is 18.2 Å². The molecule has 31 heavy (non-hydrogen) atoms. The molecule has 3 heterocycles. The van der Waals surface area contributed by atoms with Crippen molar-refractivity contribution >= 4 is 34.0 Å². The van der Waals surface area contributed by atoms with Crippen LogP contribution in [0.25, 0.3) is 32.6 Å². The lowest BCUT2D eigenvalue weighted by atomic mass is 9.87. The average Bonchev–Trinajstić information content (AvgIpc) is 3.16. The number of hydrogen-bond donors (Lipinski definition) is 0. The Hall–Kier alpha value is -2.56. The second-order valence-electron chi connectivity index (χ2n) is 8.31. The number of fused-ring (bicyclic) bond motifs is 4. The molecule has 158 valence electrons. The zero-order valence-electron chi connectivity index (χ0n) is 17.4. The van der Waals surface area contributed by atoms with Crippen LogP contribution in [0.3, 0.4) is 0 Å². The number of aromatic nitrogens is 1. The van der Waals surface area contributed by atoms with Gasteiger partial charge in [-0.1, -0.05) is 37.3 Å². The van der Waals surface area contributed by atoms with Gasteiger partial charge in [0, 0.05) is 15.8 Å². The predicted molar refractivity (Wildman–Crippen MR) is 130 cm³/mol. The lowest BCUT2D eigenvalue weighted by Gasteiger charge is -2.19. The van der Waals surface area contributed by atoms with Gasteiger partial charge in [0.2, 0.25) is 0 Å². The summed E-state index contributed by atoms with van der Waals surface area (Å²) in [5.41, 5.74) is 6.12. The standard InChI is InChI=1S/C26H23NO2S.ClH/c1-16-7-9-19-24(13-16)30-26-25(19)20(17-5-3-2-4-6-17)15-21(27-26)18-8-10-22-23(14-18)29-12-11-28-22;/h2-6,8,10,14-16H,7,9,11-13H2,1H3;1H. The summed E-state index contributed by atoms with van der Waals surface area (Å²) in [6.45, 7) is 3.56. The fourth-order valence-corrected chi connectivity index (χ4v) is 6.05. The van der Waals surface area contributed by atoms with Crippen molar-refractivity contribution in [1.82, 2.24) is 4.98 Å². The highest BCUT2D eigenvalue weighted by molar-refractivity contribution is 7.19. The van der Waals surface area contributed by atoms with Crippen LogP contribution in [-0.2, 0) is 12.8 Å².